The van der Waals surface area contributed by atoms with Gasteiger partial charge in [0.25, 0.3) is 10.0 Å². The molecule has 0 unspecified atom stereocenters. The predicted octanol–water partition coefficient (Wildman–Crippen LogP) is 2.86. The number of nitrogen functional groups attached to an aromatic ring is 1. The smallest absolute Gasteiger partial charge is 0.262 e. The Bertz CT molecular complexity index is 719. The van der Waals surface area contributed by atoms with Crippen LogP contribution in [0.1, 0.15) is 0 Å². The third-order valence-corrected chi connectivity index (χ3v) is 3.94. The highest BCUT2D eigenvalue weighted by Gasteiger charge is 2.16. The van der Waals surface area contributed by atoms with Crippen LogP contribution < -0.4 is 10.5 Å². The maximum Gasteiger partial charge on any atom is 0.262 e. The second-order valence-corrected chi connectivity index (χ2v) is 5.92. The summed E-state index contributed by atoms with van der Waals surface area (Å²) in [6, 6.07) is 9.38. The molecule has 0 saturated heterocycles. The summed E-state index contributed by atoms with van der Waals surface area (Å²) >= 11 is 5.72. The lowest BCUT2D eigenvalue weighted by Gasteiger charge is -2.09. The van der Waals surface area contributed by atoms with E-state index in [1.54, 1.807) is 6.07 Å². The molecule has 0 fully saturated rings. The molecule has 19 heavy (non-hydrogen) atoms. The molecule has 0 radical (unpaired) electrons. The molecule has 2 rings (SSSR count). The number of hydrogen-bond acceptors (Lipinski definition) is 3. The standard InChI is InChI=1S/C12H10ClFN2O2S/c13-8-2-1-3-10(6-8)19(17,18)16-12-5-4-9(15)7-11(12)14/h1-7,16H,15H2. The van der Waals surface area contributed by atoms with Crippen LogP contribution in [0.5, 0.6) is 0 Å². The fourth-order valence-electron chi connectivity index (χ4n) is 1.45. The van der Waals surface area contributed by atoms with Crippen molar-refractivity contribution in [3.63, 3.8) is 0 Å². The van der Waals surface area contributed by atoms with E-state index in [0.29, 0.717) is 0 Å². The van der Waals surface area contributed by atoms with Gasteiger partial charge in [-0.2, -0.15) is 0 Å². The summed E-state index contributed by atoms with van der Waals surface area (Å²) < 4.78 is 39.7. The van der Waals surface area contributed by atoms with Crippen molar-refractivity contribution in [2.45, 2.75) is 4.90 Å². The monoisotopic (exact) mass is 300 g/mol. The number of anilines is 2. The number of benzene rings is 2. The van der Waals surface area contributed by atoms with Crippen molar-refractivity contribution < 1.29 is 12.8 Å². The van der Waals surface area contributed by atoms with Gasteiger partial charge in [-0.15, -0.1) is 0 Å². The van der Waals surface area contributed by atoms with E-state index in [2.05, 4.69) is 4.72 Å². The molecule has 0 atom stereocenters. The molecule has 0 aliphatic rings. The number of rotatable bonds is 3. The Balaban J connectivity index is 2.36. The number of sulfonamides is 1. The quantitative estimate of drug-likeness (QED) is 0.856. The highest BCUT2D eigenvalue weighted by atomic mass is 35.5. The van der Waals surface area contributed by atoms with E-state index in [9.17, 15) is 12.8 Å². The van der Waals surface area contributed by atoms with Gasteiger partial charge in [-0.25, -0.2) is 12.8 Å². The first-order chi connectivity index (χ1) is 8.88. The highest BCUT2D eigenvalue weighted by Crippen LogP contribution is 2.22. The Morgan fingerprint density at radius 3 is 2.53 bits per heavy atom. The first kappa shape index (κ1) is 13.6. The van der Waals surface area contributed by atoms with Crippen molar-refractivity contribution in [1.82, 2.24) is 0 Å². The fraction of sp³-hybridized carbons (Fsp3) is 0. The molecule has 0 saturated carbocycles. The molecular formula is C12H10ClFN2O2S. The molecule has 0 aliphatic heterocycles. The zero-order valence-electron chi connectivity index (χ0n) is 9.60. The maximum absolute atomic E-state index is 13.5. The maximum atomic E-state index is 13.5. The van der Waals surface area contributed by atoms with Crippen molar-refractivity contribution in [3.05, 3.63) is 53.3 Å². The Morgan fingerprint density at radius 2 is 1.89 bits per heavy atom. The average Bonchev–Trinajstić information content (AvgIpc) is 2.33. The van der Waals surface area contributed by atoms with Gasteiger partial charge in [0.15, 0.2) is 0 Å². The van der Waals surface area contributed by atoms with E-state index in [0.717, 1.165) is 6.07 Å². The minimum atomic E-state index is -3.89. The summed E-state index contributed by atoms with van der Waals surface area (Å²) in [4.78, 5) is -0.0452. The molecule has 7 heteroatoms. The van der Waals surface area contributed by atoms with Crippen LogP contribution in [0.15, 0.2) is 47.4 Å². The number of nitrogens with one attached hydrogen (secondary N) is 1. The molecular weight excluding hydrogens is 291 g/mol. The van der Waals surface area contributed by atoms with E-state index in [-0.39, 0.29) is 21.3 Å². The van der Waals surface area contributed by atoms with Crippen LogP contribution >= 0.6 is 11.6 Å². The second kappa shape index (κ2) is 5.07. The fourth-order valence-corrected chi connectivity index (χ4v) is 2.82. The lowest BCUT2D eigenvalue weighted by atomic mass is 10.3. The summed E-state index contributed by atoms with van der Waals surface area (Å²) in [5.74, 6) is -0.745. The van der Waals surface area contributed by atoms with Crippen molar-refractivity contribution in [3.8, 4) is 0 Å². The highest BCUT2D eigenvalue weighted by molar-refractivity contribution is 7.92. The topological polar surface area (TPSA) is 72.2 Å². The van der Waals surface area contributed by atoms with E-state index in [1.165, 1.54) is 30.3 Å². The first-order valence-corrected chi connectivity index (χ1v) is 7.08. The Labute approximate surface area is 115 Å². The van der Waals surface area contributed by atoms with Crippen LogP contribution in [-0.4, -0.2) is 8.42 Å². The van der Waals surface area contributed by atoms with Gasteiger partial charge in [0.2, 0.25) is 0 Å². The summed E-state index contributed by atoms with van der Waals surface area (Å²) in [5, 5.41) is 0.278. The van der Waals surface area contributed by atoms with Gasteiger partial charge in [0.1, 0.15) is 5.82 Å². The Morgan fingerprint density at radius 1 is 1.16 bits per heavy atom. The van der Waals surface area contributed by atoms with Crippen LogP contribution in [-0.2, 0) is 10.0 Å². The third kappa shape index (κ3) is 3.15. The predicted molar refractivity (Wildman–Crippen MR) is 73.1 cm³/mol. The van der Waals surface area contributed by atoms with Gasteiger partial charge in [-0.3, -0.25) is 4.72 Å². The molecule has 3 N–H and O–H groups in total. The molecule has 100 valence electrons. The van der Waals surface area contributed by atoms with Gasteiger partial charge >= 0.3 is 0 Å². The minimum absolute atomic E-state index is 0.0452. The molecule has 2 aromatic rings. The van der Waals surface area contributed by atoms with Crippen LogP contribution in [0.2, 0.25) is 5.02 Å². The zero-order chi connectivity index (χ0) is 14.0. The van der Waals surface area contributed by atoms with Crippen LogP contribution in [0.25, 0.3) is 0 Å². The Hall–Kier alpha value is -1.79. The van der Waals surface area contributed by atoms with Gasteiger partial charge in [-0.05, 0) is 36.4 Å². The second-order valence-electron chi connectivity index (χ2n) is 3.80. The van der Waals surface area contributed by atoms with E-state index in [1.807, 2.05) is 0 Å². The molecule has 0 heterocycles. The normalized spacial score (nSPS) is 11.3. The largest absolute Gasteiger partial charge is 0.399 e. The van der Waals surface area contributed by atoms with E-state index < -0.39 is 15.8 Å². The molecule has 0 spiro atoms. The van der Waals surface area contributed by atoms with Crippen LogP contribution in [0.3, 0.4) is 0 Å². The van der Waals surface area contributed by atoms with Crippen LogP contribution in [0, 0.1) is 5.82 Å². The van der Waals surface area contributed by atoms with Crippen molar-refractivity contribution >= 4 is 33.0 Å². The molecule has 0 aromatic heterocycles. The number of hydrogen-bond donors (Lipinski definition) is 2. The number of nitrogens with two attached hydrogens (primary N) is 1. The van der Waals surface area contributed by atoms with Crippen LogP contribution in [0.4, 0.5) is 15.8 Å². The van der Waals surface area contributed by atoms with Gasteiger partial charge in [0.05, 0.1) is 10.6 Å². The molecule has 4 nitrogen and oxygen atoms in total. The van der Waals surface area contributed by atoms with Crippen molar-refractivity contribution in [2.24, 2.45) is 0 Å². The molecule has 0 amide bonds. The summed E-state index contributed by atoms with van der Waals surface area (Å²) in [6.45, 7) is 0. The zero-order valence-corrected chi connectivity index (χ0v) is 11.2. The minimum Gasteiger partial charge on any atom is -0.399 e. The average molecular weight is 301 g/mol. The summed E-state index contributed by atoms with van der Waals surface area (Å²) in [7, 11) is -3.89. The van der Waals surface area contributed by atoms with Gasteiger partial charge < -0.3 is 5.73 Å². The molecule has 2 aromatic carbocycles. The summed E-state index contributed by atoms with van der Waals surface area (Å²) in [6.07, 6.45) is 0. The van der Waals surface area contributed by atoms with Crippen molar-refractivity contribution in [2.75, 3.05) is 10.5 Å². The van der Waals surface area contributed by atoms with Gasteiger partial charge in [0, 0.05) is 10.7 Å². The SMILES string of the molecule is Nc1ccc(NS(=O)(=O)c2cccc(Cl)c2)c(F)c1. The lowest BCUT2D eigenvalue weighted by Crippen LogP contribution is -2.14. The van der Waals surface area contributed by atoms with E-state index >= 15 is 0 Å². The first-order valence-electron chi connectivity index (χ1n) is 5.22. The van der Waals surface area contributed by atoms with Gasteiger partial charge in [-0.1, -0.05) is 17.7 Å². The van der Waals surface area contributed by atoms with Crippen molar-refractivity contribution in [1.29, 1.82) is 0 Å². The molecule has 0 bridgehead atoms. The third-order valence-electron chi connectivity index (χ3n) is 2.34. The Kier molecular flexibility index (Phi) is 3.64. The lowest BCUT2D eigenvalue weighted by molar-refractivity contribution is 0.598. The number of halogens is 2. The van der Waals surface area contributed by atoms with E-state index in [4.69, 9.17) is 17.3 Å². The summed E-state index contributed by atoms with van der Waals surface area (Å²) in [5.41, 5.74) is 5.43. The molecule has 0 aliphatic carbocycles.